The Morgan fingerprint density at radius 1 is 1.18 bits per heavy atom. The van der Waals surface area contributed by atoms with E-state index in [1.54, 1.807) is 0 Å². The van der Waals surface area contributed by atoms with Gasteiger partial charge in [0.05, 0.1) is 11.0 Å². The normalized spacial score (nSPS) is 10.6. The van der Waals surface area contributed by atoms with Crippen LogP contribution in [-0.4, -0.2) is 16.0 Å². The molecule has 0 aliphatic rings. The molecular weight excluding hydrogens is 276 g/mol. The Kier molecular flexibility index (Phi) is 4.05. The zero-order chi connectivity index (χ0) is 15.4. The Morgan fingerprint density at radius 2 is 2.00 bits per heavy atom. The van der Waals surface area contributed by atoms with Crippen LogP contribution in [0.25, 0.3) is 11.0 Å². The molecule has 0 saturated heterocycles. The van der Waals surface area contributed by atoms with E-state index in [4.69, 9.17) is 0 Å². The van der Waals surface area contributed by atoms with Crippen LogP contribution in [0.3, 0.4) is 0 Å². The highest BCUT2D eigenvalue weighted by Gasteiger charge is 2.05. The molecule has 1 heterocycles. The lowest BCUT2D eigenvalue weighted by atomic mass is 10.2. The van der Waals surface area contributed by atoms with Gasteiger partial charge in [-0.15, -0.1) is 0 Å². The number of hydrogen-bond donors (Lipinski definition) is 3. The van der Waals surface area contributed by atoms with Crippen molar-refractivity contribution in [2.24, 2.45) is 0 Å². The molecule has 22 heavy (non-hydrogen) atoms. The first-order valence-corrected chi connectivity index (χ1v) is 7.32. The van der Waals surface area contributed by atoms with Crippen molar-refractivity contribution in [2.45, 2.75) is 19.9 Å². The molecule has 0 aliphatic heterocycles. The molecule has 0 unspecified atom stereocenters. The minimum atomic E-state index is -0.224. The lowest BCUT2D eigenvalue weighted by molar-refractivity contribution is 0.251. The van der Waals surface area contributed by atoms with Gasteiger partial charge in [-0.05, 0) is 23.8 Å². The third-order valence-electron chi connectivity index (χ3n) is 3.42. The molecule has 2 amide bonds. The van der Waals surface area contributed by atoms with Gasteiger partial charge in [0.25, 0.3) is 0 Å². The van der Waals surface area contributed by atoms with Gasteiger partial charge in [-0.25, -0.2) is 9.78 Å². The highest BCUT2D eigenvalue weighted by atomic mass is 16.2. The number of rotatable bonds is 4. The first kappa shape index (κ1) is 14.1. The maximum absolute atomic E-state index is 11.9. The SMILES string of the molecule is CCc1nc2ccc(NC(=O)NCc3ccccc3)cc2[nH]1. The number of carbonyl (C=O) groups excluding carboxylic acids is 1. The zero-order valence-corrected chi connectivity index (χ0v) is 12.4. The Bertz CT molecular complexity index is 780. The summed E-state index contributed by atoms with van der Waals surface area (Å²) in [5.41, 5.74) is 3.64. The van der Waals surface area contributed by atoms with Crippen LogP contribution < -0.4 is 10.6 Å². The monoisotopic (exact) mass is 294 g/mol. The number of H-pyrrole nitrogens is 1. The standard InChI is InChI=1S/C17H18N4O/c1-2-16-20-14-9-8-13(10-15(14)21-16)19-17(22)18-11-12-6-4-3-5-7-12/h3-10H,2,11H2,1H3,(H,20,21)(H2,18,19,22). The summed E-state index contributed by atoms with van der Waals surface area (Å²) in [6.45, 7) is 2.55. The van der Waals surface area contributed by atoms with Crippen LogP contribution in [0.15, 0.2) is 48.5 Å². The van der Waals surface area contributed by atoms with Crippen molar-refractivity contribution in [3.63, 3.8) is 0 Å². The van der Waals surface area contributed by atoms with Gasteiger partial charge in [-0.1, -0.05) is 37.3 Å². The summed E-state index contributed by atoms with van der Waals surface area (Å²) in [7, 11) is 0. The summed E-state index contributed by atoms with van der Waals surface area (Å²) in [6, 6.07) is 15.2. The second kappa shape index (κ2) is 6.30. The molecule has 0 atom stereocenters. The van der Waals surface area contributed by atoms with Crippen LogP contribution in [0.1, 0.15) is 18.3 Å². The first-order chi connectivity index (χ1) is 10.7. The van der Waals surface area contributed by atoms with E-state index in [2.05, 4.69) is 20.6 Å². The summed E-state index contributed by atoms with van der Waals surface area (Å²) in [5.74, 6) is 0.945. The fourth-order valence-corrected chi connectivity index (χ4v) is 2.26. The van der Waals surface area contributed by atoms with E-state index in [0.29, 0.717) is 6.54 Å². The Morgan fingerprint density at radius 3 is 2.77 bits per heavy atom. The molecule has 5 heteroatoms. The van der Waals surface area contributed by atoms with Gasteiger partial charge in [0.15, 0.2) is 0 Å². The van der Waals surface area contributed by atoms with Crippen molar-refractivity contribution in [3.05, 3.63) is 59.9 Å². The fraction of sp³-hybridized carbons (Fsp3) is 0.176. The van der Waals surface area contributed by atoms with Crippen LogP contribution in [-0.2, 0) is 13.0 Å². The average Bonchev–Trinajstić information content (AvgIpc) is 2.96. The Balaban J connectivity index is 1.63. The van der Waals surface area contributed by atoms with Crippen molar-refractivity contribution in [3.8, 4) is 0 Å². The number of carbonyl (C=O) groups is 1. The van der Waals surface area contributed by atoms with E-state index < -0.39 is 0 Å². The van der Waals surface area contributed by atoms with Gasteiger partial charge in [0, 0.05) is 18.7 Å². The minimum absolute atomic E-state index is 0.224. The largest absolute Gasteiger partial charge is 0.342 e. The van der Waals surface area contributed by atoms with Gasteiger partial charge >= 0.3 is 6.03 Å². The van der Waals surface area contributed by atoms with Crippen LogP contribution in [0.2, 0.25) is 0 Å². The van der Waals surface area contributed by atoms with E-state index in [0.717, 1.165) is 34.5 Å². The second-order valence-corrected chi connectivity index (χ2v) is 5.06. The highest BCUT2D eigenvalue weighted by molar-refractivity contribution is 5.91. The maximum Gasteiger partial charge on any atom is 0.319 e. The molecule has 0 aliphatic carbocycles. The lowest BCUT2D eigenvalue weighted by Gasteiger charge is -2.07. The highest BCUT2D eigenvalue weighted by Crippen LogP contribution is 2.17. The van der Waals surface area contributed by atoms with Crippen molar-refractivity contribution in [1.82, 2.24) is 15.3 Å². The van der Waals surface area contributed by atoms with Gasteiger partial charge in [-0.2, -0.15) is 0 Å². The summed E-state index contributed by atoms with van der Waals surface area (Å²) in [5, 5.41) is 5.67. The van der Waals surface area contributed by atoms with E-state index in [-0.39, 0.29) is 6.03 Å². The number of nitrogens with zero attached hydrogens (tertiary/aromatic N) is 1. The van der Waals surface area contributed by atoms with Crippen molar-refractivity contribution >= 4 is 22.8 Å². The molecule has 112 valence electrons. The second-order valence-electron chi connectivity index (χ2n) is 5.06. The number of aryl methyl sites for hydroxylation is 1. The number of urea groups is 1. The number of amides is 2. The molecule has 0 fully saturated rings. The lowest BCUT2D eigenvalue weighted by Crippen LogP contribution is -2.28. The Labute approximate surface area is 128 Å². The van der Waals surface area contributed by atoms with Crippen molar-refractivity contribution < 1.29 is 4.79 Å². The number of nitrogens with one attached hydrogen (secondary N) is 3. The van der Waals surface area contributed by atoms with Gasteiger partial charge in [0.1, 0.15) is 5.82 Å². The van der Waals surface area contributed by atoms with Gasteiger partial charge in [0.2, 0.25) is 0 Å². The van der Waals surface area contributed by atoms with E-state index in [1.165, 1.54) is 0 Å². The third-order valence-corrected chi connectivity index (χ3v) is 3.42. The summed E-state index contributed by atoms with van der Waals surface area (Å²) in [4.78, 5) is 19.6. The molecule has 3 aromatic rings. The Hall–Kier alpha value is -2.82. The number of imidazole rings is 1. The van der Waals surface area contributed by atoms with Gasteiger partial charge in [-0.3, -0.25) is 0 Å². The zero-order valence-electron chi connectivity index (χ0n) is 12.4. The van der Waals surface area contributed by atoms with E-state index in [1.807, 2.05) is 55.5 Å². The smallest absolute Gasteiger partial charge is 0.319 e. The van der Waals surface area contributed by atoms with Crippen molar-refractivity contribution in [1.29, 1.82) is 0 Å². The van der Waals surface area contributed by atoms with Crippen molar-refractivity contribution in [2.75, 3.05) is 5.32 Å². The molecule has 0 radical (unpaired) electrons. The fourth-order valence-electron chi connectivity index (χ4n) is 2.26. The molecule has 3 rings (SSSR count). The first-order valence-electron chi connectivity index (χ1n) is 7.32. The predicted molar refractivity (Wildman–Crippen MR) is 87.8 cm³/mol. The summed E-state index contributed by atoms with van der Waals surface area (Å²) in [6.07, 6.45) is 0.856. The predicted octanol–water partition coefficient (Wildman–Crippen LogP) is 3.45. The number of aromatic nitrogens is 2. The quantitative estimate of drug-likeness (QED) is 0.689. The number of benzene rings is 2. The van der Waals surface area contributed by atoms with E-state index >= 15 is 0 Å². The number of aromatic amines is 1. The molecule has 5 nitrogen and oxygen atoms in total. The number of hydrogen-bond acceptors (Lipinski definition) is 2. The molecule has 0 saturated carbocycles. The molecule has 2 aromatic carbocycles. The molecule has 0 bridgehead atoms. The average molecular weight is 294 g/mol. The van der Waals surface area contributed by atoms with Gasteiger partial charge < -0.3 is 15.6 Å². The number of fused-ring (bicyclic) bond motifs is 1. The summed E-state index contributed by atoms with van der Waals surface area (Å²) >= 11 is 0. The van der Waals surface area contributed by atoms with Crippen LogP contribution in [0, 0.1) is 0 Å². The maximum atomic E-state index is 11.9. The molecule has 0 spiro atoms. The molecule has 3 N–H and O–H groups in total. The van der Waals surface area contributed by atoms with Crippen LogP contribution >= 0.6 is 0 Å². The summed E-state index contributed by atoms with van der Waals surface area (Å²) < 4.78 is 0. The number of anilines is 1. The molecule has 1 aromatic heterocycles. The van der Waals surface area contributed by atoms with Crippen LogP contribution in [0.5, 0.6) is 0 Å². The van der Waals surface area contributed by atoms with E-state index in [9.17, 15) is 4.79 Å². The molecular formula is C17H18N4O. The third kappa shape index (κ3) is 3.25. The minimum Gasteiger partial charge on any atom is -0.342 e. The van der Waals surface area contributed by atoms with Crippen LogP contribution in [0.4, 0.5) is 10.5 Å². The topological polar surface area (TPSA) is 69.8 Å².